The summed E-state index contributed by atoms with van der Waals surface area (Å²) in [6.07, 6.45) is 2.24. The standard InChI is InChI=1S/C23H25N5O5/c1-2-3-14-27-19-11-5-4-10-18(19)21(23(27)31)26-25-20(29)12-7-13-24-22(30)16-8-6-9-17(15-16)28(32)33/h4-6,8-11,15,31H,2-3,7,12-14H2,1H3,(H,24,30). The van der Waals surface area contributed by atoms with Gasteiger partial charge in [-0.05, 0) is 25.0 Å². The second-order valence-corrected chi connectivity index (χ2v) is 7.46. The zero-order chi connectivity index (χ0) is 23.8. The van der Waals surface area contributed by atoms with Crippen molar-refractivity contribution in [2.75, 3.05) is 6.54 Å². The molecule has 0 aliphatic rings. The maximum Gasteiger partial charge on any atom is 0.270 e. The summed E-state index contributed by atoms with van der Waals surface area (Å²) < 4.78 is 1.76. The normalized spacial score (nSPS) is 11.2. The van der Waals surface area contributed by atoms with Gasteiger partial charge >= 0.3 is 0 Å². The predicted octanol–water partition coefficient (Wildman–Crippen LogP) is 4.88. The molecule has 0 fully saturated rings. The number of fused-ring (bicyclic) bond motifs is 1. The van der Waals surface area contributed by atoms with Crippen LogP contribution >= 0.6 is 0 Å². The maximum atomic E-state index is 12.1. The first-order valence-corrected chi connectivity index (χ1v) is 10.7. The summed E-state index contributed by atoms with van der Waals surface area (Å²) >= 11 is 0. The molecule has 0 aliphatic carbocycles. The summed E-state index contributed by atoms with van der Waals surface area (Å²) in [4.78, 5) is 34.5. The number of non-ortho nitro benzene ring substituents is 1. The fraction of sp³-hybridized carbons (Fsp3) is 0.304. The van der Waals surface area contributed by atoms with Gasteiger partial charge in [-0.25, -0.2) is 0 Å². The number of unbranched alkanes of at least 4 members (excludes halogenated alkanes) is 1. The van der Waals surface area contributed by atoms with Gasteiger partial charge in [0.05, 0.1) is 10.4 Å². The molecule has 2 aromatic carbocycles. The van der Waals surface area contributed by atoms with Crippen molar-refractivity contribution in [3.05, 3.63) is 64.2 Å². The van der Waals surface area contributed by atoms with E-state index in [9.17, 15) is 24.8 Å². The quantitative estimate of drug-likeness (QED) is 0.196. The van der Waals surface area contributed by atoms with Crippen molar-refractivity contribution < 1.29 is 19.6 Å². The fourth-order valence-electron chi connectivity index (χ4n) is 3.37. The van der Waals surface area contributed by atoms with Crippen LogP contribution in [0.25, 0.3) is 10.9 Å². The first kappa shape index (κ1) is 23.6. The molecule has 33 heavy (non-hydrogen) atoms. The van der Waals surface area contributed by atoms with Gasteiger partial charge < -0.3 is 15.0 Å². The molecule has 172 valence electrons. The lowest BCUT2D eigenvalue weighted by molar-refractivity contribution is -0.384. The lowest BCUT2D eigenvalue weighted by atomic mass is 10.2. The van der Waals surface area contributed by atoms with Gasteiger partial charge in [-0.3, -0.25) is 19.7 Å². The van der Waals surface area contributed by atoms with Crippen molar-refractivity contribution in [3.63, 3.8) is 0 Å². The fourth-order valence-corrected chi connectivity index (χ4v) is 3.37. The molecular weight excluding hydrogens is 426 g/mol. The Labute approximate surface area is 190 Å². The molecule has 0 unspecified atom stereocenters. The number of rotatable bonds is 10. The number of carbonyl (C=O) groups excluding carboxylic acids is 2. The Morgan fingerprint density at radius 3 is 2.70 bits per heavy atom. The van der Waals surface area contributed by atoms with Crippen molar-refractivity contribution in [1.29, 1.82) is 0 Å². The molecule has 2 amide bonds. The van der Waals surface area contributed by atoms with Gasteiger partial charge in [0, 0.05) is 42.6 Å². The minimum absolute atomic E-state index is 0.0228. The number of aromatic nitrogens is 1. The van der Waals surface area contributed by atoms with Crippen LogP contribution in [0.4, 0.5) is 11.4 Å². The Bertz CT molecular complexity index is 1200. The summed E-state index contributed by atoms with van der Waals surface area (Å²) in [5, 5.41) is 32.5. The largest absolute Gasteiger partial charge is 0.493 e. The molecule has 0 saturated heterocycles. The van der Waals surface area contributed by atoms with Crippen LogP contribution in [-0.2, 0) is 11.3 Å². The lowest BCUT2D eigenvalue weighted by Gasteiger charge is -2.05. The molecule has 0 aliphatic heterocycles. The van der Waals surface area contributed by atoms with E-state index < -0.39 is 16.7 Å². The molecule has 10 heteroatoms. The number of hydrogen-bond acceptors (Lipinski definition) is 6. The molecule has 0 spiro atoms. The van der Waals surface area contributed by atoms with Crippen molar-refractivity contribution in [2.24, 2.45) is 10.2 Å². The summed E-state index contributed by atoms with van der Waals surface area (Å²) in [5.74, 6) is -0.965. The van der Waals surface area contributed by atoms with E-state index in [0.29, 0.717) is 18.4 Å². The highest BCUT2D eigenvalue weighted by Gasteiger charge is 2.16. The second-order valence-electron chi connectivity index (χ2n) is 7.46. The second kappa shape index (κ2) is 11.0. The van der Waals surface area contributed by atoms with Gasteiger partial charge in [-0.2, -0.15) is 0 Å². The highest BCUT2D eigenvalue weighted by Crippen LogP contribution is 2.39. The number of azo groups is 1. The summed E-state index contributed by atoms with van der Waals surface area (Å²) in [6, 6.07) is 12.8. The zero-order valence-corrected chi connectivity index (χ0v) is 18.2. The van der Waals surface area contributed by atoms with Gasteiger partial charge in [0.15, 0.2) is 5.69 Å². The number of aromatic hydroxyl groups is 1. The third-order valence-corrected chi connectivity index (χ3v) is 5.09. The summed E-state index contributed by atoms with van der Waals surface area (Å²) in [5.41, 5.74) is 1.09. The Morgan fingerprint density at radius 1 is 1.15 bits per heavy atom. The average Bonchev–Trinajstić information content (AvgIpc) is 3.09. The van der Waals surface area contributed by atoms with Crippen LogP contribution in [0, 0.1) is 10.1 Å². The van der Waals surface area contributed by atoms with Crippen LogP contribution in [0.3, 0.4) is 0 Å². The van der Waals surface area contributed by atoms with E-state index in [0.717, 1.165) is 18.4 Å². The van der Waals surface area contributed by atoms with Crippen molar-refractivity contribution in [2.45, 2.75) is 39.2 Å². The van der Waals surface area contributed by atoms with Crippen LogP contribution in [-0.4, -0.2) is 33.0 Å². The number of aryl methyl sites for hydroxylation is 1. The summed E-state index contributed by atoms with van der Waals surface area (Å²) in [7, 11) is 0. The van der Waals surface area contributed by atoms with E-state index in [1.807, 2.05) is 24.3 Å². The van der Waals surface area contributed by atoms with Gasteiger partial charge in [0.25, 0.3) is 17.5 Å². The van der Waals surface area contributed by atoms with Crippen LogP contribution in [0.5, 0.6) is 5.88 Å². The zero-order valence-electron chi connectivity index (χ0n) is 18.2. The van der Waals surface area contributed by atoms with Crippen LogP contribution in [0.1, 0.15) is 43.0 Å². The number of nitrogens with one attached hydrogen (secondary N) is 1. The van der Waals surface area contributed by atoms with E-state index in [-0.39, 0.29) is 35.8 Å². The minimum atomic E-state index is -0.570. The van der Waals surface area contributed by atoms with E-state index in [1.165, 1.54) is 24.3 Å². The average molecular weight is 451 g/mol. The van der Waals surface area contributed by atoms with Crippen molar-refractivity contribution >= 4 is 34.1 Å². The molecule has 0 radical (unpaired) electrons. The molecule has 1 heterocycles. The Balaban J connectivity index is 1.56. The molecule has 0 atom stereocenters. The number of amides is 2. The van der Waals surface area contributed by atoms with Crippen molar-refractivity contribution in [3.8, 4) is 5.88 Å². The minimum Gasteiger partial charge on any atom is -0.493 e. The molecular formula is C23H25N5O5. The molecule has 0 bridgehead atoms. The number of nitrogens with zero attached hydrogens (tertiary/aromatic N) is 4. The monoisotopic (exact) mass is 451 g/mol. The molecule has 0 saturated carbocycles. The van der Waals surface area contributed by atoms with Crippen LogP contribution in [0.2, 0.25) is 0 Å². The topological polar surface area (TPSA) is 139 Å². The van der Waals surface area contributed by atoms with E-state index >= 15 is 0 Å². The van der Waals surface area contributed by atoms with Crippen LogP contribution in [0.15, 0.2) is 58.8 Å². The van der Waals surface area contributed by atoms with Gasteiger partial charge in [0.2, 0.25) is 5.88 Å². The third-order valence-electron chi connectivity index (χ3n) is 5.09. The Hall–Kier alpha value is -4.08. The van der Waals surface area contributed by atoms with Gasteiger partial charge in [-0.15, -0.1) is 10.2 Å². The maximum absolute atomic E-state index is 12.1. The Morgan fingerprint density at radius 2 is 1.94 bits per heavy atom. The molecule has 10 nitrogen and oxygen atoms in total. The van der Waals surface area contributed by atoms with E-state index in [1.54, 1.807) is 4.57 Å². The highest BCUT2D eigenvalue weighted by atomic mass is 16.6. The molecule has 3 aromatic rings. The third kappa shape index (κ3) is 5.79. The number of carbonyl (C=O) groups is 2. The number of para-hydroxylation sites is 1. The highest BCUT2D eigenvalue weighted by molar-refractivity contribution is 5.95. The number of nitro benzene ring substituents is 1. The number of nitro groups is 1. The van der Waals surface area contributed by atoms with E-state index in [2.05, 4.69) is 22.5 Å². The van der Waals surface area contributed by atoms with Gasteiger partial charge in [0.1, 0.15) is 0 Å². The smallest absolute Gasteiger partial charge is 0.270 e. The van der Waals surface area contributed by atoms with E-state index in [4.69, 9.17) is 0 Å². The van der Waals surface area contributed by atoms with Gasteiger partial charge in [-0.1, -0.05) is 37.6 Å². The molecule has 1 aromatic heterocycles. The van der Waals surface area contributed by atoms with Crippen molar-refractivity contribution in [1.82, 2.24) is 9.88 Å². The predicted molar refractivity (Wildman–Crippen MR) is 123 cm³/mol. The number of hydrogen-bond donors (Lipinski definition) is 2. The SMILES string of the molecule is CCCCn1c(O)c(N=NC(=O)CCCNC(=O)c2cccc([N+](=O)[O-])c2)c2ccccc21. The lowest BCUT2D eigenvalue weighted by Crippen LogP contribution is -2.24. The Kier molecular flexibility index (Phi) is 7.85. The number of benzene rings is 2. The first-order chi connectivity index (χ1) is 15.9. The van der Waals surface area contributed by atoms with Crippen LogP contribution < -0.4 is 5.32 Å². The first-order valence-electron chi connectivity index (χ1n) is 10.7. The molecule has 3 rings (SSSR count). The summed E-state index contributed by atoms with van der Waals surface area (Å²) in [6.45, 7) is 2.90. The molecule has 2 N–H and O–H groups in total.